The predicted molar refractivity (Wildman–Crippen MR) is 84.8 cm³/mol. The van der Waals surface area contributed by atoms with Gasteiger partial charge in [0, 0.05) is 13.0 Å². The molecule has 1 heterocycles. The van der Waals surface area contributed by atoms with Crippen LogP contribution in [0.2, 0.25) is 0 Å². The molecule has 11 heteroatoms. The molecule has 1 aromatic rings. The lowest BCUT2D eigenvalue weighted by Gasteiger charge is -2.19. The largest absolute Gasteiger partial charge is 0.293 e. The Kier molecular flexibility index (Phi) is 5.52. The van der Waals surface area contributed by atoms with Gasteiger partial charge in [0.25, 0.3) is 0 Å². The lowest BCUT2D eigenvalue weighted by atomic mass is 9.81. The number of hydrazine groups is 1. The zero-order valence-corrected chi connectivity index (χ0v) is 14.5. The first-order valence-corrected chi connectivity index (χ1v) is 8.65. The SMILES string of the molecule is O=C(CCN1C(=O)[C@@H]2CCCC[C@H]2C1=O)NNc1c(F)c(F)c(F)c(F)c1F. The molecule has 152 valence electrons. The first-order valence-electron chi connectivity index (χ1n) is 8.65. The molecule has 0 unspecified atom stereocenters. The van der Waals surface area contributed by atoms with Gasteiger partial charge >= 0.3 is 0 Å². The molecular weight excluding hydrogens is 389 g/mol. The summed E-state index contributed by atoms with van der Waals surface area (Å²) < 4.78 is 66.3. The number of rotatable bonds is 5. The summed E-state index contributed by atoms with van der Waals surface area (Å²) in [5.41, 5.74) is 2.04. The van der Waals surface area contributed by atoms with E-state index in [1.54, 1.807) is 10.9 Å². The molecule has 0 bridgehead atoms. The zero-order chi connectivity index (χ0) is 20.6. The monoisotopic (exact) mass is 405 g/mol. The number of imide groups is 1. The van der Waals surface area contributed by atoms with Crippen molar-refractivity contribution < 1.29 is 36.3 Å². The first-order chi connectivity index (χ1) is 13.2. The maximum absolute atomic E-state index is 13.5. The number of carbonyl (C=O) groups is 3. The van der Waals surface area contributed by atoms with Crippen LogP contribution in [0.25, 0.3) is 0 Å². The van der Waals surface area contributed by atoms with Crippen molar-refractivity contribution in [3.05, 3.63) is 29.1 Å². The number of hydrogen-bond donors (Lipinski definition) is 2. The molecule has 28 heavy (non-hydrogen) atoms. The Bertz CT molecular complexity index is 795. The molecule has 1 saturated heterocycles. The van der Waals surface area contributed by atoms with Crippen LogP contribution in [0.15, 0.2) is 0 Å². The molecule has 1 aromatic carbocycles. The number of nitrogens with zero attached hydrogens (tertiary/aromatic N) is 1. The molecule has 3 amide bonds. The molecule has 2 atom stereocenters. The maximum Gasteiger partial charge on any atom is 0.240 e. The minimum Gasteiger partial charge on any atom is -0.293 e. The van der Waals surface area contributed by atoms with Crippen molar-refractivity contribution >= 4 is 23.4 Å². The second kappa shape index (κ2) is 7.72. The molecule has 6 nitrogen and oxygen atoms in total. The quantitative estimate of drug-likeness (QED) is 0.259. The molecule has 0 aromatic heterocycles. The van der Waals surface area contributed by atoms with Crippen molar-refractivity contribution in [1.82, 2.24) is 10.3 Å². The van der Waals surface area contributed by atoms with Gasteiger partial charge < -0.3 is 0 Å². The van der Waals surface area contributed by atoms with Gasteiger partial charge in [-0.15, -0.1) is 0 Å². The standard InChI is InChI=1S/C17H16F5N3O3/c18-10-11(19)13(21)15(14(22)12(10)20)24-23-9(26)5-6-25-16(27)7-3-1-2-4-8(7)17(25)28/h7-8,24H,1-6H2,(H,23,26)/t7-,8-/m1/s1. The number of nitrogens with one attached hydrogen (secondary N) is 2. The van der Waals surface area contributed by atoms with Crippen LogP contribution in [0.3, 0.4) is 0 Å². The fourth-order valence-electron chi connectivity index (χ4n) is 3.57. The Labute approximate surface area is 156 Å². The summed E-state index contributed by atoms with van der Waals surface area (Å²) in [4.78, 5) is 37.4. The van der Waals surface area contributed by atoms with Gasteiger partial charge in [-0.3, -0.25) is 30.1 Å². The minimum absolute atomic E-state index is 0.241. The van der Waals surface area contributed by atoms with E-state index in [9.17, 15) is 36.3 Å². The summed E-state index contributed by atoms with van der Waals surface area (Å²) in [6, 6.07) is 0. The van der Waals surface area contributed by atoms with E-state index < -0.39 is 47.1 Å². The Balaban J connectivity index is 1.59. The van der Waals surface area contributed by atoms with Gasteiger partial charge in [0.1, 0.15) is 5.69 Å². The molecule has 2 fully saturated rings. The van der Waals surface area contributed by atoms with E-state index in [-0.39, 0.29) is 30.2 Å². The van der Waals surface area contributed by atoms with E-state index in [2.05, 4.69) is 0 Å². The van der Waals surface area contributed by atoms with Crippen molar-refractivity contribution in [3.8, 4) is 0 Å². The van der Waals surface area contributed by atoms with Crippen LogP contribution >= 0.6 is 0 Å². The van der Waals surface area contributed by atoms with Gasteiger partial charge in [-0.05, 0) is 12.8 Å². The van der Waals surface area contributed by atoms with Gasteiger partial charge in [-0.25, -0.2) is 22.0 Å². The third kappa shape index (κ3) is 3.40. The van der Waals surface area contributed by atoms with Gasteiger partial charge in [-0.2, -0.15) is 0 Å². The summed E-state index contributed by atoms with van der Waals surface area (Å²) in [6.45, 7) is -0.241. The Morgan fingerprint density at radius 3 is 1.82 bits per heavy atom. The number of halogens is 5. The van der Waals surface area contributed by atoms with Crippen molar-refractivity contribution in [2.24, 2.45) is 11.8 Å². The van der Waals surface area contributed by atoms with Crippen LogP contribution in [0.5, 0.6) is 0 Å². The third-order valence-electron chi connectivity index (χ3n) is 5.03. The third-order valence-corrected chi connectivity index (χ3v) is 5.03. The van der Waals surface area contributed by atoms with Crippen molar-refractivity contribution in [3.63, 3.8) is 0 Å². The molecule has 0 spiro atoms. The number of benzene rings is 1. The zero-order valence-electron chi connectivity index (χ0n) is 14.5. The van der Waals surface area contributed by atoms with Gasteiger partial charge in [0.2, 0.25) is 23.5 Å². The highest BCUT2D eigenvalue weighted by atomic mass is 19.2. The second-order valence-electron chi connectivity index (χ2n) is 6.69. The highest BCUT2D eigenvalue weighted by Gasteiger charge is 2.47. The second-order valence-corrected chi connectivity index (χ2v) is 6.69. The molecule has 0 radical (unpaired) electrons. The molecule has 2 aliphatic rings. The molecule has 1 aliphatic carbocycles. The summed E-state index contributed by atoms with van der Waals surface area (Å²) in [7, 11) is 0. The number of amides is 3. The molecule has 2 N–H and O–H groups in total. The number of fused-ring (bicyclic) bond motifs is 1. The molecule has 3 rings (SSSR count). The Morgan fingerprint density at radius 2 is 1.32 bits per heavy atom. The van der Waals surface area contributed by atoms with Gasteiger partial charge in [-0.1, -0.05) is 12.8 Å². The maximum atomic E-state index is 13.5. The van der Waals surface area contributed by atoms with Crippen molar-refractivity contribution in [2.45, 2.75) is 32.1 Å². The fraction of sp³-hybridized carbons (Fsp3) is 0.471. The van der Waals surface area contributed by atoms with E-state index in [4.69, 9.17) is 0 Å². The van der Waals surface area contributed by atoms with Crippen LogP contribution < -0.4 is 10.9 Å². The highest BCUT2D eigenvalue weighted by molar-refractivity contribution is 6.05. The summed E-state index contributed by atoms with van der Waals surface area (Å²) in [5, 5.41) is 0. The Morgan fingerprint density at radius 1 is 0.857 bits per heavy atom. The molecule has 1 saturated carbocycles. The average molecular weight is 405 g/mol. The van der Waals surface area contributed by atoms with E-state index in [1.807, 2.05) is 0 Å². The summed E-state index contributed by atoms with van der Waals surface area (Å²) in [5.74, 6) is -13.3. The van der Waals surface area contributed by atoms with Crippen LogP contribution in [0.1, 0.15) is 32.1 Å². The smallest absolute Gasteiger partial charge is 0.240 e. The molecule has 1 aliphatic heterocycles. The van der Waals surface area contributed by atoms with E-state index in [0.29, 0.717) is 12.8 Å². The van der Waals surface area contributed by atoms with E-state index >= 15 is 0 Å². The predicted octanol–water partition coefficient (Wildman–Crippen LogP) is 2.39. The van der Waals surface area contributed by atoms with Gasteiger partial charge in [0.05, 0.1) is 11.8 Å². The number of likely N-dealkylation sites (tertiary alicyclic amines) is 1. The minimum atomic E-state index is -2.32. The molecular formula is C17H16F5N3O3. The topological polar surface area (TPSA) is 78.5 Å². The van der Waals surface area contributed by atoms with Crippen molar-refractivity contribution in [1.29, 1.82) is 0 Å². The van der Waals surface area contributed by atoms with Gasteiger partial charge in [0.15, 0.2) is 23.3 Å². The first kappa shape index (κ1) is 20.0. The summed E-state index contributed by atoms with van der Waals surface area (Å²) in [6.07, 6.45) is 2.51. The normalized spacial score (nSPS) is 21.7. The van der Waals surface area contributed by atoms with Crippen LogP contribution in [-0.2, 0) is 14.4 Å². The lowest BCUT2D eigenvalue weighted by Crippen LogP contribution is -2.37. The number of hydrogen-bond acceptors (Lipinski definition) is 4. The van der Waals surface area contributed by atoms with E-state index in [0.717, 1.165) is 17.7 Å². The Hall–Kier alpha value is -2.72. The fourth-order valence-corrected chi connectivity index (χ4v) is 3.57. The van der Waals surface area contributed by atoms with E-state index in [1.165, 1.54) is 0 Å². The summed E-state index contributed by atoms with van der Waals surface area (Å²) >= 11 is 0. The lowest BCUT2D eigenvalue weighted by molar-refractivity contribution is -0.140. The van der Waals surface area contributed by atoms with Crippen LogP contribution in [0.4, 0.5) is 27.6 Å². The number of carbonyl (C=O) groups excluding carboxylic acids is 3. The van der Waals surface area contributed by atoms with Crippen LogP contribution in [0, 0.1) is 40.9 Å². The van der Waals surface area contributed by atoms with Crippen LogP contribution in [-0.4, -0.2) is 29.2 Å². The number of anilines is 1. The van der Waals surface area contributed by atoms with Crippen molar-refractivity contribution in [2.75, 3.05) is 12.0 Å². The average Bonchev–Trinajstić information content (AvgIpc) is 2.93. The highest BCUT2D eigenvalue weighted by Crippen LogP contribution is 2.38.